The van der Waals surface area contributed by atoms with E-state index >= 15 is 0 Å². The minimum atomic E-state index is -0.682. The number of nitrogens with zero attached hydrogens (tertiary/aromatic N) is 1. The van der Waals surface area contributed by atoms with Gasteiger partial charge in [-0.15, -0.1) is 0 Å². The molecule has 0 spiro atoms. The van der Waals surface area contributed by atoms with Crippen LogP contribution in [0.15, 0.2) is 24.3 Å². The van der Waals surface area contributed by atoms with E-state index in [-0.39, 0.29) is 5.91 Å². The Morgan fingerprint density at radius 2 is 2.15 bits per heavy atom. The number of piperidine rings is 1. The highest BCUT2D eigenvalue weighted by molar-refractivity contribution is 5.92. The summed E-state index contributed by atoms with van der Waals surface area (Å²) in [5.41, 5.74) is 0.0677. The third kappa shape index (κ3) is 4.21. The summed E-state index contributed by atoms with van der Waals surface area (Å²) in [5.74, 6) is 0.697. The topological polar surface area (TPSA) is 61.8 Å². The van der Waals surface area contributed by atoms with E-state index in [2.05, 4.69) is 5.32 Å². The summed E-state index contributed by atoms with van der Waals surface area (Å²) >= 11 is 0. The molecule has 2 rings (SSSR count). The highest BCUT2D eigenvalue weighted by Gasteiger charge is 2.29. The molecule has 20 heavy (non-hydrogen) atoms. The molecule has 0 bridgehead atoms. The van der Waals surface area contributed by atoms with Crippen molar-refractivity contribution in [2.45, 2.75) is 25.4 Å². The van der Waals surface area contributed by atoms with Crippen molar-refractivity contribution in [1.29, 1.82) is 0 Å². The second kappa shape index (κ2) is 6.24. The van der Waals surface area contributed by atoms with Crippen LogP contribution in [0.5, 0.6) is 5.75 Å². The lowest BCUT2D eigenvalue weighted by Gasteiger charge is -2.36. The number of ether oxygens (including phenoxy) is 1. The molecular formula is C15H22N2O3. The number of aliphatic hydroxyl groups is 1. The number of rotatable bonds is 4. The summed E-state index contributed by atoms with van der Waals surface area (Å²) in [5, 5.41) is 12.9. The number of carbonyl (C=O) groups excluding carboxylic acids is 1. The number of anilines is 1. The van der Waals surface area contributed by atoms with Crippen LogP contribution in [0.3, 0.4) is 0 Å². The van der Waals surface area contributed by atoms with Gasteiger partial charge in [0.05, 0.1) is 19.3 Å². The number of hydrogen-bond acceptors (Lipinski definition) is 4. The summed E-state index contributed by atoms with van der Waals surface area (Å²) in [6.45, 7) is 3.53. The number of hydrogen-bond donors (Lipinski definition) is 2. The van der Waals surface area contributed by atoms with Gasteiger partial charge in [-0.25, -0.2) is 0 Å². The molecule has 0 radical (unpaired) electrons. The predicted octanol–water partition coefficient (Wildman–Crippen LogP) is 1.48. The minimum Gasteiger partial charge on any atom is -0.497 e. The van der Waals surface area contributed by atoms with Gasteiger partial charge in [-0.3, -0.25) is 9.69 Å². The monoisotopic (exact) mass is 278 g/mol. The Hall–Kier alpha value is -1.59. The van der Waals surface area contributed by atoms with E-state index in [1.807, 2.05) is 24.0 Å². The second-order valence-corrected chi connectivity index (χ2v) is 5.59. The highest BCUT2D eigenvalue weighted by Crippen LogP contribution is 2.20. The molecule has 1 unspecified atom stereocenters. The Kier molecular flexibility index (Phi) is 4.62. The van der Waals surface area contributed by atoms with Crippen LogP contribution < -0.4 is 10.1 Å². The first-order chi connectivity index (χ1) is 9.48. The SMILES string of the molecule is COc1ccc(NC(=O)CN2CCCC(C)(O)C2)cc1. The van der Waals surface area contributed by atoms with Gasteiger partial charge in [-0.1, -0.05) is 0 Å². The molecule has 0 aliphatic carbocycles. The van der Waals surface area contributed by atoms with Gasteiger partial charge < -0.3 is 15.2 Å². The Morgan fingerprint density at radius 3 is 2.75 bits per heavy atom. The maximum absolute atomic E-state index is 12.0. The van der Waals surface area contributed by atoms with Gasteiger partial charge in [-0.05, 0) is 50.6 Å². The Bertz CT molecular complexity index is 457. The van der Waals surface area contributed by atoms with Crippen molar-refractivity contribution in [1.82, 2.24) is 4.90 Å². The van der Waals surface area contributed by atoms with Crippen LogP contribution in [0.2, 0.25) is 0 Å². The quantitative estimate of drug-likeness (QED) is 0.876. The fourth-order valence-electron chi connectivity index (χ4n) is 2.54. The van der Waals surface area contributed by atoms with Crippen molar-refractivity contribution in [3.05, 3.63) is 24.3 Å². The van der Waals surface area contributed by atoms with Crippen LogP contribution in [0.4, 0.5) is 5.69 Å². The first-order valence-corrected chi connectivity index (χ1v) is 6.87. The van der Waals surface area contributed by atoms with E-state index in [0.29, 0.717) is 13.1 Å². The Labute approximate surface area is 119 Å². The van der Waals surface area contributed by atoms with Crippen molar-refractivity contribution in [3.63, 3.8) is 0 Å². The highest BCUT2D eigenvalue weighted by atomic mass is 16.5. The van der Waals surface area contributed by atoms with Crippen LogP contribution in [0.1, 0.15) is 19.8 Å². The van der Waals surface area contributed by atoms with E-state index in [4.69, 9.17) is 4.74 Å². The first kappa shape index (κ1) is 14.8. The number of methoxy groups -OCH3 is 1. The van der Waals surface area contributed by atoms with Crippen LogP contribution >= 0.6 is 0 Å². The van der Waals surface area contributed by atoms with Gasteiger partial charge in [0.25, 0.3) is 0 Å². The van der Waals surface area contributed by atoms with Crippen molar-refractivity contribution < 1.29 is 14.6 Å². The molecule has 1 aromatic carbocycles. The van der Waals surface area contributed by atoms with E-state index in [9.17, 15) is 9.90 Å². The zero-order chi connectivity index (χ0) is 14.6. The lowest BCUT2D eigenvalue weighted by molar-refractivity contribution is -0.118. The summed E-state index contributed by atoms with van der Waals surface area (Å²) in [4.78, 5) is 14.0. The molecule has 5 heteroatoms. The Morgan fingerprint density at radius 1 is 1.45 bits per heavy atom. The molecule has 1 saturated heterocycles. The lowest BCUT2D eigenvalue weighted by atomic mass is 9.95. The molecule has 1 aromatic rings. The van der Waals surface area contributed by atoms with Crippen molar-refractivity contribution in [2.24, 2.45) is 0 Å². The average molecular weight is 278 g/mol. The molecule has 1 fully saturated rings. The van der Waals surface area contributed by atoms with Crippen LogP contribution in [-0.2, 0) is 4.79 Å². The maximum Gasteiger partial charge on any atom is 0.238 e. The first-order valence-electron chi connectivity index (χ1n) is 6.87. The molecule has 0 saturated carbocycles. The molecule has 1 atom stereocenters. The molecule has 1 aliphatic heterocycles. The molecule has 1 heterocycles. The van der Waals surface area contributed by atoms with Crippen LogP contribution in [0, 0.1) is 0 Å². The molecule has 110 valence electrons. The maximum atomic E-state index is 12.0. The molecule has 1 amide bonds. The van der Waals surface area contributed by atoms with Crippen molar-refractivity contribution in [3.8, 4) is 5.75 Å². The zero-order valence-electron chi connectivity index (χ0n) is 12.1. The Balaban J connectivity index is 1.85. The van der Waals surface area contributed by atoms with Gasteiger partial charge in [0.1, 0.15) is 5.75 Å². The van der Waals surface area contributed by atoms with Crippen LogP contribution in [-0.4, -0.2) is 48.3 Å². The zero-order valence-corrected chi connectivity index (χ0v) is 12.1. The molecule has 5 nitrogen and oxygen atoms in total. The minimum absolute atomic E-state index is 0.0622. The van der Waals surface area contributed by atoms with E-state index in [1.54, 1.807) is 19.2 Å². The predicted molar refractivity (Wildman–Crippen MR) is 77.9 cm³/mol. The third-order valence-corrected chi connectivity index (χ3v) is 3.49. The van der Waals surface area contributed by atoms with E-state index < -0.39 is 5.60 Å². The van der Waals surface area contributed by atoms with Gasteiger partial charge in [0, 0.05) is 12.2 Å². The number of nitrogens with one attached hydrogen (secondary N) is 1. The van der Waals surface area contributed by atoms with Gasteiger partial charge in [0.15, 0.2) is 0 Å². The summed E-state index contributed by atoms with van der Waals surface area (Å²) in [6, 6.07) is 7.23. The normalized spacial score (nSPS) is 23.4. The van der Waals surface area contributed by atoms with Gasteiger partial charge in [-0.2, -0.15) is 0 Å². The standard InChI is InChI=1S/C15H22N2O3/c1-15(19)8-3-9-17(11-15)10-14(18)16-12-4-6-13(20-2)7-5-12/h4-7,19H,3,8-11H2,1-2H3,(H,16,18). The smallest absolute Gasteiger partial charge is 0.238 e. The fraction of sp³-hybridized carbons (Fsp3) is 0.533. The van der Waals surface area contributed by atoms with Crippen molar-refractivity contribution >= 4 is 11.6 Å². The number of amides is 1. The number of β-amino-alcohol motifs (C(OH)–C–C–N with tert-alkyl or cyclic N) is 1. The molecule has 2 N–H and O–H groups in total. The number of benzene rings is 1. The number of likely N-dealkylation sites (tertiary alicyclic amines) is 1. The molecule has 1 aliphatic rings. The summed E-state index contributed by atoms with van der Waals surface area (Å²) in [6.07, 6.45) is 1.71. The fourth-order valence-corrected chi connectivity index (χ4v) is 2.54. The van der Waals surface area contributed by atoms with Crippen molar-refractivity contribution in [2.75, 3.05) is 32.1 Å². The van der Waals surface area contributed by atoms with Gasteiger partial charge >= 0.3 is 0 Å². The molecular weight excluding hydrogens is 256 g/mol. The van der Waals surface area contributed by atoms with Gasteiger partial charge in [0.2, 0.25) is 5.91 Å². The average Bonchev–Trinajstić information content (AvgIpc) is 2.38. The van der Waals surface area contributed by atoms with E-state index in [0.717, 1.165) is 30.8 Å². The van der Waals surface area contributed by atoms with Crippen LogP contribution in [0.25, 0.3) is 0 Å². The lowest BCUT2D eigenvalue weighted by Crippen LogP contribution is -2.48. The summed E-state index contributed by atoms with van der Waals surface area (Å²) < 4.78 is 5.07. The second-order valence-electron chi connectivity index (χ2n) is 5.59. The largest absolute Gasteiger partial charge is 0.497 e. The summed E-state index contributed by atoms with van der Waals surface area (Å²) in [7, 11) is 1.61. The number of carbonyl (C=O) groups is 1. The third-order valence-electron chi connectivity index (χ3n) is 3.49. The van der Waals surface area contributed by atoms with E-state index in [1.165, 1.54) is 0 Å². The molecule has 0 aromatic heterocycles.